The summed E-state index contributed by atoms with van der Waals surface area (Å²) in [6.07, 6.45) is -4.89. The smallest absolute Gasteiger partial charge is 0.465 e. The molecule has 0 N–H and O–H groups in total. The molecule has 0 aliphatic carbocycles. The first-order valence-corrected chi connectivity index (χ1v) is 5.95. The van der Waals surface area contributed by atoms with Crippen LogP contribution >= 0.6 is 0 Å². The second-order valence-corrected chi connectivity index (χ2v) is 4.08. The van der Waals surface area contributed by atoms with Gasteiger partial charge in [0.15, 0.2) is 0 Å². The number of carbonyl (C=O) groups is 1. The number of halogens is 3. The van der Waals surface area contributed by atoms with Crippen molar-refractivity contribution in [2.75, 3.05) is 7.11 Å². The van der Waals surface area contributed by atoms with Gasteiger partial charge in [-0.25, -0.2) is 4.79 Å². The molecule has 0 bridgehead atoms. The summed E-state index contributed by atoms with van der Waals surface area (Å²) in [5.74, 6) is -1.48. The van der Waals surface area contributed by atoms with Crippen molar-refractivity contribution in [1.29, 1.82) is 0 Å². The summed E-state index contributed by atoms with van der Waals surface area (Å²) < 4.78 is 45.8. The summed E-state index contributed by atoms with van der Waals surface area (Å²) in [5.41, 5.74) is 0.637. The van der Waals surface area contributed by atoms with Gasteiger partial charge in [0.25, 0.3) is 0 Å². The summed E-state index contributed by atoms with van der Waals surface area (Å²) in [4.78, 5) is 11.8. The van der Waals surface area contributed by atoms with Crippen molar-refractivity contribution in [2.45, 2.75) is 6.36 Å². The van der Waals surface area contributed by atoms with Gasteiger partial charge in [0.1, 0.15) is 11.3 Å². The van der Waals surface area contributed by atoms with Gasteiger partial charge in [-0.05, 0) is 17.2 Å². The number of rotatable bonds is 3. The number of carbonyl (C=O) groups excluding carboxylic acids is 1. The molecule has 0 aliphatic rings. The Kier molecular flexibility index (Phi) is 4.16. The molecule has 0 aliphatic heterocycles. The maximum atomic E-state index is 12.4. The monoisotopic (exact) mass is 296 g/mol. The van der Waals surface area contributed by atoms with E-state index in [9.17, 15) is 18.0 Å². The minimum Gasteiger partial charge on any atom is -0.465 e. The summed E-state index contributed by atoms with van der Waals surface area (Å²) in [6, 6.07) is 12.5. The summed E-state index contributed by atoms with van der Waals surface area (Å²) in [5, 5.41) is 0. The molecule has 0 heterocycles. The Bertz CT molecular complexity index is 636. The molecule has 0 saturated heterocycles. The lowest BCUT2D eigenvalue weighted by molar-refractivity contribution is -0.274. The van der Waals surface area contributed by atoms with E-state index in [1.54, 1.807) is 30.3 Å². The van der Waals surface area contributed by atoms with Crippen molar-refractivity contribution in [3.63, 3.8) is 0 Å². The summed E-state index contributed by atoms with van der Waals surface area (Å²) in [7, 11) is 1.10. The van der Waals surface area contributed by atoms with E-state index in [1.807, 2.05) is 0 Å². The zero-order valence-corrected chi connectivity index (χ0v) is 11.0. The van der Waals surface area contributed by atoms with Crippen LogP contribution in [0.1, 0.15) is 10.4 Å². The van der Waals surface area contributed by atoms with Crippen LogP contribution in [-0.2, 0) is 4.74 Å². The Morgan fingerprint density at radius 1 is 1.00 bits per heavy atom. The first-order valence-electron chi connectivity index (χ1n) is 5.95. The van der Waals surface area contributed by atoms with Crippen LogP contribution in [0.4, 0.5) is 13.2 Å². The molecule has 2 aromatic carbocycles. The Morgan fingerprint density at radius 3 is 2.24 bits per heavy atom. The standard InChI is InChI=1S/C15H11F3O3/c1-20-14(19)13-11(10-6-3-2-4-7-10)8-5-9-12(13)21-15(16,17)18/h2-9H,1H3. The van der Waals surface area contributed by atoms with E-state index >= 15 is 0 Å². The minimum absolute atomic E-state index is 0.261. The van der Waals surface area contributed by atoms with Crippen LogP contribution in [0.3, 0.4) is 0 Å². The average molecular weight is 296 g/mol. The lowest BCUT2D eigenvalue weighted by Gasteiger charge is -2.15. The molecule has 0 spiro atoms. The SMILES string of the molecule is COC(=O)c1c(OC(F)(F)F)cccc1-c1ccccc1. The quantitative estimate of drug-likeness (QED) is 0.802. The van der Waals surface area contributed by atoms with Gasteiger partial charge in [-0.3, -0.25) is 0 Å². The van der Waals surface area contributed by atoms with Crippen LogP contribution in [0, 0.1) is 0 Å². The van der Waals surface area contributed by atoms with E-state index in [4.69, 9.17) is 0 Å². The third-order valence-electron chi connectivity index (χ3n) is 2.73. The molecule has 0 aromatic heterocycles. The number of alkyl halides is 3. The van der Waals surface area contributed by atoms with Gasteiger partial charge in [0.05, 0.1) is 7.11 Å². The molecule has 0 fully saturated rings. The topological polar surface area (TPSA) is 35.5 Å². The molecule has 0 radical (unpaired) electrons. The van der Waals surface area contributed by atoms with E-state index in [1.165, 1.54) is 12.1 Å². The fourth-order valence-corrected chi connectivity index (χ4v) is 1.91. The maximum absolute atomic E-state index is 12.4. The third-order valence-corrected chi connectivity index (χ3v) is 2.73. The van der Waals surface area contributed by atoms with Gasteiger partial charge in [-0.15, -0.1) is 13.2 Å². The van der Waals surface area contributed by atoms with Gasteiger partial charge in [0.2, 0.25) is 0 Å². The van der Waals surface area contributed by atoms with E-state index < -0.39 is 18.1 Å². The largest absolute Gasteiger partial charge is 0.573 e. The first-order chi connectivity index (χ1) is 9.92. The number of hydrogen-bond donors (Lipinski definition) is 0. The molecule has 110 valence electrons. The second kappa shape index (κ2) is 5.87. The van der Waals surface area contributed by atoms with Crippen LogP contribution in [0.5, 0.6) is 5.75 Å². The van der Waals surface area contributed by atoms with Crippen molar-refractivity contribution < 1.29 is 27.4 Å². The fraction of sp³-hybridized carbons (Fsp3) is 0.133. The zero-order valence-electron chi connectivity index (χ0n) is 11.0. The molecule has 0 saturated carbocycles. The van der Waals surface area contributed by atoms with Gasteiger partial charge in [-0.2, -0.15) is 0 Å². The fourth-order valence-electron chi connectivity index (χ4n) is 1.91. The molecule has 0 atom stereocenters. The minimum atomic E-state index is -4.89. The Labute approximate surface area is 118 Å². The molecule has 2 aromatic rings. The van der Waals surface area contributed by atoms with Crippen molar-refractivity contribution in [1.82, 2.24) is 0 Å². The maximum Gasteiger partial charge on any atom is 0.573 e. The van der Waals surface area contributed by atoms with Crippen molar-refractivity contribution in [2.24, 2.45) is 0 Å². The molecular formula is C15H11F3O3. The predicted molar refractivity (Wildman–Crippen MR) is 69.9 cm³/mol. The molecule has 0 unspecified atom stereocenters. The molecule has 2 rings (SSSR count). The lowest BCUT2D eigenvalue weighted by Crippen LogP contribution is -2.19. The molecular weight excluding hydrogens is 285 g/mol. The van der Waals surface area contributed by atoms with Crippen molar-refractivity contribution in [3.05, 3.63) is 54.1 Å². The van der Waals surface area contributed by atoms with E-state index in [0.29, 0.717) is 11.1 Å². The van der Waals surface area contributed by atoms with Gasteiger partial charge in [0, 0.05) is 0 Å². The molecule has 3 nitrogen and oxygen atoms in total. The Balaban J connectivity index is 2.60. The highest BCUT2D eigenvalue weighted by molar-refractivity contribution is 6.00. The van der Waals surface area contributed by atoms with Crippen LogP contribution < -0.4 is 4.74 Å². The molecule has 0 amide bonds. The average Bonchev–Trinajstić information content (AvgIpc) is 2.45. The Morgan fingerprint density at radius 2 is 1.67 bits per heavy atom. The highest BCUT2D eigenvalue weighted by Gasteiger charge is 2.34. The number of methoxy groups -OCH3 is 1. The van der Waals surface area contributed by atoms with E-state index in [-0.39, 0.29) is 5.56 Å². The van der Waals surface area contributed by atoms with Crippen LogP contribution in [0.15, 0.2) is 48.5 Å². The first kappa shape index (κ1) is 14.9. The van der Waals surface area contributed by atoms with Crippen LogP contribution in [-0.4, -0.2) is 19.4 Å². The molecule has 21 heavy (non-hydrogen) atoms. The van der Waals surface area contributed by atoms with Gasteiger partial charge < -0.3 is 9.47 Å². The Hall–Kier alpha value is -2.50. The number of esters is 1. The zero-order chi connectivity index (χ0) is 15.5. The molecule has 6 heteroatoms. The van der Waals surface area contributed by atoms with Crippen molar-refractivity contribution >= 4 is 5.97 Å². The number of benzene rings is 2. The summed E-state index contributed by atoms with van der Waals surface area (Å²) >= 11 is 0. The summed E-state index contributed by atoms with van der Waals surface area (Å²) in [6.45, 7) is 0. The number of ether oxygens (including phenoxy) is 2. The van der Waals surface area contributed by atoms with Gasteiger partial charge in [-0.1, -0.05) is 42.5 Å². The van der Waals surface area contributed by atoms with Gasteiger partial charge >= 0.3 is 12.3 Å². The van der Waals surface area contributed by atoms with Crippen molar-refractivity contribution in [3.8, 4) is 16.9 Å². The lowest BCUT2D eigenvalue weighted by atomic mass is 9.99. The third kappa shape index (κ3) is 3.53. The van der Waals surface area contributed by atoms with Crippen LogP contribution in [0.25, 0.3) is 11.1 Å². The normalized spacial score (nSPS) is 11.0. The highest BCUT2D eigenvalue weighted by Crippen LogP contribution is 2.34. The number of hydrogen-bond acceptors (Lipinski definition) is 3. The highest BCUT2D eigenvalue weighted by atomic mass is 19.4. The van der Waals surface area contributed by atoms with E-state index in [0.717, 1.165) is 13.2 Å². The second-order valence-electron chi connectivity index (χ2n) is 4.08. The predicted octanol–water partition coefficient (Wildman–Crippen LogP) is 4.04. The van der Waals surface area contributed by atoms with Crippen LogP contribution in [0.2, 0.25) is 0 Å². The van der Waals surface area contributed by atoms with E-state index in [2.05, 4.69) is 9.47 Å².